The molecule has 0 fully saturated rings. The molecule has 70 heavy (non-hydrogen) atoms. The van der Waals surface area contributed by atoms with Crippen molar-refractivity contribution >= 4 is 68.2 Å². The number of anilines is 12. The number of hydrogen-bond donors (Lipinski definition) is 0. The van der Waals surface area contributed by atoms with Crippen molar-refractivity contribution < 1.29 is 0 Å². The van der Waals surface area contributed by atoms with E-state index in [9.17, 15) is 0 Å². The number of benzene rings is 9. The summed E-state index contributed by atoms with van der Waals surface area (Å²) in [4.78, 5) is 9.21. The highest BCUT2D eigenvalue weighted by Gasteiger charge is 2.19. The number of hydrogen-bond acceptors (Lipinski definition) is 4. The molecule has 4 nitrogen and oxygen atoms in total. The van der Waals surface area contributed by atoms with Gasteiger partial charge in [0.1, 0.15) is 0 Å². The van der Waals surface area contributed by atoms with Crippen LogP contribution >= 0.6 is 0 Å². The summed E-state index contributed by atoms with van der Waals surface area (Å²) in [6.45, 7) is 12.7. The van der Waals surface area contributed by atoms with Crippen LogP contribution in [-0.4, -0.2) is 0 Å². The molecule has 0 aromatic heterocycles. The second-order valence-electron chi connectivity index (χ2n) is 18.3. The average molecular weight is 905 g/mol. The highest BCUT2D eigenvalue weighted by atomic mass is 15.2. The molecular weight excluding hydrogens is 849 g/mol. The lowest BCUT2D eigenvalue weighted by molar-refractivity contribution is 1.25. The van der Waals surface area contributed by atoms with Gasteiger partial charge in [-0.1, -0.05) is 119 Å². The standard InChI is InChI=1S/C66H56N4/c1-47-7-23-55(24-8-47)67(56-25-9-48(2)10-26-56)63-39-43-65(44-40-63)69(59-31-15-51(5)16-32-59)61-35-19-53(20-36-61)54-21-37-62(38-22-54)70(60-33-17-52(6)18-34-60)66-45-41-64(42-46-66)68(57-27-11-49(3)12-28-57)58-29-13-50(4)14-30-58/h7-13,15-29,31-46H,1-6H3. The van der Waals surface area contributed by atoms with Gasteiger partial charge in [0.15, 0.2) is 0 Å². The zero-order valence-electron chi connectivity index (χ0n) is 40.7. The Bertz CT molecular complexity index is 2970. The van der Waals surface area contributed by atoms with Crippen molar-refractivity contribution in [3.63, 3.8) is 0 Å². The van der Waals surface area contributed by atoms with Gasteiger partial charge in [0, 0.05) is 62.6 Å². The van der Waals surface area contributed by atoms with Gasteiger partial charge in [0.05, 0.1) is 5.69 Å². The van der Waals surface area contributed by atoms with Gasteiger partial charge in [-0.05, 0) is 210 Å². The van der Waals surface area contributed by atoms with Crippen LogP contribution in [0.25, 0.3) is 11.1 Å². The van der Waals surface area contributed by atoms with Crippen molar-refractivity contribution in [1.29, 1.82) is 0 Å². The minimum atomic E-state index is 0.943. The summed E-state index contributed by atoms with van der Waals surface area (Å²) in [5.41, 5.74) is 22.4. The minimum absolute atomic E-state index is 0.943. The normalized spacial score (nSPS) is 10.9. The Labute approximate surface area is 414 Å². The highest BCUT2D eigenvalue weighted by molar-refractivity contribution is 5.84. The predicted molar refractivity (Wildman–Crippen MR) is 297 cm³/mol. The molecule has 0 atom stereocenters. The van der Waals surface area contributed by atoms with Crippen LogP contribution in [-0.2, 0) is 0 Å². The van der Waals surface area contributed by atoms with Gasteiger partial charge in [0.25, 0.3) is 0 Å². The van der Waals surface area contributed by atoms with Crippen LogP contribution in [0.1, 0.15) is 33.4 Å². The predicted octanol–water partition coefficient (Wildman–Crippen LogP) is 18.7. The van der Waals surface area contributed by atoms with E-state index in [1.54, 1.807) is 0 Å². The maximum atomic E-state index is 3.39. The first-order valence-corrected chi connectivity index (χ1v) is 24.0. The molecule has 0 N–H and O–H groups in total. The van der Waals surface area contributed by atoms with E-state index in [1.807, 2.05) is 6.92 Å². The van der Waals surface area contributed by atoms with E-state index in [0.29, 0.717) is 0 Å². The number of nitrogens with zero attached hydrogens (tertiary/aromatic N) is 4. The molecule has 0 aliphatic rings. The lowest BCUT2D eigenvalue weighted by atomic mass is 10.0. The first kappa shape index (κ1) is 45.0. The van der Waals surface area contributed by atoms with Crippen LogP contribution in [0.15, 0.2) is 231 Å². The monoisotopic (exact) mass is 904 g/mol. The Morgan fingerprint density at radius 2 is 0.400 bits per heavy atom. The zero-order valence-corrected chi connectivity index (χ0v) is 40.7. The third-order valence-corrected chi connectivity index (χ3v) is 12.9. The molecule has 340 valence electrons. The second kappa shape index (κ2) is 19.8. The molecule has 0 amide bonds. The van der Waals surface area contributed by atoms with Crippen LogP contribution in [0, 0.1) is 53.7 Å². The van der Waals surface area contributed by atoms with Crippen molar-refractivity contribution in [2.75, 3.05) is 19.6 Å². The topological polar surface area (TPSA) is 13.0 Å². The fraction of sp³-hybridized carbons (Fsp3) is 0.0909. The Hall–Kier alpha value is -8.78. The van der Waals surface area contributed by atoms with Crippen LogP contribution < -0.4 is 19.6 Å². The van der Waals surface area contributed by atoms with Gasteiger partial charge in [-0.25, -0.2) is 0 Å². The van der Waals surface area contributed by atoms with E-state index in [1.165, 1.54) is 27.8 Å². The zero-order chi connectivity index (χ0) is 48.1. The lowest BCUT2D eigenvalue weighted by Gasteiger charge is -2.28. The van der Waals surface area contributed by atoms with E-state index in [4.69, 9.17) is 0 Å². The molecule has 0 spiro atoms. The van der Waals surface area contributed by atoms with Crippen LogP contribution in [0.5, 0.6) is 0 Å². The molecule has 0 bridgehead atoms. The van der Waals surface area contributed by atoms with E-state index >= 15 is 0 Å². The van der Waals surface area contributed by atoms with Gasteiger partial charge in [-0.3, -0.25) is 0 Å². The quantitative estimate of drug-likeness (QED) is 0.114. The summed E-state index contributed by atoms with van der Waals surface area (Å²) < 4.78 is 0. The fourth-order valence-corrected chi connectivity index (χ4v) is 8.93. The molecule has 0 unspecified atom stereocenters. The third-order valence-electron chi connectivity index (χ3n) is 12.9. The first-order valence-electron chi connectivity index (χ1n) is 24.0. The van der Waals surface area contributed by atoms with Crippen molar-refractivity contribution in [3.05, 3.63) is 276 Å². The lowest BCUT2D eigenvalue weighted by Crippen LogP contribution is -2.12. The van der Waals surface area contributed by atoms with E-state index in [2.05, 4.69) is 297 Å². The Balaban J connectivity index is 0.945. The molecule has 0 aliphatic carbocycles. The SMILES string of the molecule is Cc1c#cc(N(c2ccc(C)cc2)c2ccc(N(c3ccc(C)cc3)c3ccc(-c4ccc(N(c5ccc(C)cc5)c5ccc(N(c6ccc(C)cc6)c6ccc(C)cc6)cc5)cc4)cc3)cc2)cc1. The summed E-state index contributed by atoms with van der Waals surface area (Å²) in [5, 5.41) is 0. The maximum Gasteiger partial charge on any atom is 0.0973 e. The van der Waals surface area contributed by atoms with Gasteiger partial charge in [-0.15, -0.1) is 0 Å². The first-order chi connectivity index (χ1) is 34.1. The molecule has 4 heteroatoms. The van der Waals surface area contributed by atoms with Gasteiger partial charge >= 0.3 is 0 Å². The molecule has 0 heterocycles. The largest absolute Gasteiger partial charge is 0.311 e. The molecule has 10 rings (SSSR count). The van der Waals surface area contributed by atoms with E-state index in [0.717, 1.165) is 84.9 Å². The third kappa shape index (κ3) is 9.79. The highest BCUT2D eigenvalue weighted by Crippen LogP contribution is 2.42. The Kier molecular flexibility index (Phi) is 12.7. The van der Waals surface area contributed by atoms with Crippen LogP contribution in [0.2, 0.25) is 0 Å². The molecule has 10 aromatic rings. The van der Waals surface area contributed by atoms with Crippen molar-refractivity contribution in [3.8, 4) is 11.1 Å². The minimum Gasteiger partial charge on any atom is -0.311 e. The number of aryl methyl sites for hydroxylation is 6. The van der Waals surface area contributed by atoms with Crippen LogP contribution in [0.4, 0.5) is 68.2 Å². The summed E-state index contributed by atoms with van der Waals surface area (Å²) in [5.74, 6) is 0. The van der Waals surface area contributed by atoms with Crippen molar-refractivity contribution in [2.24, 2.45) is 0 Å². The van der Waals surface area contributed by atoms with Gasteiger partial charge in [-0.2, -0.15) is 0 Å². The van der Waals surface area contributed by atoms with Gasteiger partial charge < -0.3 is 19.6 Å². The van der Waals surface area contributed by atoms with Crippen LogP contribution in [0.3, 0.4) is 0 Å². The number of rotatable bonds is 13. The molecule has 0 saturated carbocycles. The van der Waals surface area contributed by atoms with E-state index in [-0.39, 0.29) is 0 Å². The smallest absolute Gasteiger partial charge is 0.0973 e. The average Bonchev–Trinajstić information content (AvgIpc) is 3.39. The van der Waals surface area contributed by atoms with E-state index < -0.39 is 0 Å². The molecule has 10 aromatic carbocycles. The van der Waals surface area contributed by atoms with Crippen molar-refractivity contribution in [1.82, 2.24) is 0 Å². The molecule has 0 aliphatic heterocycles. The summed E-state index contributed by atoms with van der Waals surface area (Å²) in [7, 11) is 0. The van der Waals surface area contributed by atoms with Gasteiger partial charge in [0.2, 0.25) is 0 Å². The maximum absolute atomic E-state index is 3.39. The summed E-state index contributed by atoms with van der Waals surface area (Å²) >= 11 is 0. The fourth-order valence-electron chi connectivity index (χ4n) is 8.93. The summed E-state index contributed by atoms with van der Waals surface area (Å²) in [6.07, 6.45) is 0. The Morgan fingerprint density at radius 1 is 0.200 bits per heavy atom. The van der Waals surface area contributed by atoms with Crippen molar-refractivity contribution in [2.45, 2.75) is 41.5 Å². The second-order valence-corrected chi connectivity index (χ2v) is 18.3. The Morgan fingerprint density at radius 3 is 0.614 bits per heavy atom. The summed E-state index contributed by atoms with van der Waals surface area (Å²) in [6, 6.07) is 90.0. The molecule has 0 radical (unpaired) electrons. The molecule has 0 saturated heterocycles. The molecular formula is C66H56N4.